The molecule has 2 atom stereocenters. The third-order valence-corrected chi connectivity index (χ3v) is 4.89. The molecule has 2 unspecified atom stereocenters. The number of rotatable bonds is 5. The summed E-state index contributed by atoms with van der Waals surface area (Å²) in [5.74, 6) is 0.320. The maximum absolute atomic E-state index is 12.5. The largest absolute Gasteiger partial charge is 0.497 e. The van der Waals surface area contributed by atoms with Gasteiger partial charge in [-0.25, -0.2) is 9.67 Å². The van der Waals surface area contributed by atoms with Gasteiger partial charge in [0.25, 0.3) is 11.5 Å². The number of amides is 1. The van der Waals surface area contributed by atoms with E-state index < -0.39 is 12.1 Å². The summed E-state index contributed by atoms with van der Waals surface area (Å²) in [6.45, 7) is 2.33. The van der Waals surface area contributed by atoms with Gasteiger partial charge in [0, 0.05) is 17.8 Å². The first kappa shape index (κ1) is 19.7. The fraction of sp³-hybridized carbons (Fsp3) is 0.286. The highest BCUT2D eigenvalue weighted by atomic mass is 16.5. The minimum absolute atomic E-state index is 0.205. The summed E-state index contributed by atoms with van der Waals surface area (Å²) in [6.07, 6.45) is 2.95. The lowest BCUT2D eigenvalue weighted by atomic mass is 10.1. The molecule has 1 N–H and O–H groups in total. The second-order valence-electron chi connectivity index (χ2n) is 6.96. The molecule has 1 fully saturated rings. The van der Waals surface area contributed by atoms with Crippen LogP contribution in [0.1, 0.15) is 22.2 Å². The summed E-state index contributed by atoms with van der Waals surface area (Å²) < 4.78 is 12.2. The number of carbonyl (C=O) groups is 1. The van der Waals surface area contributed by atoms with Crippen LogP contribution < -0.4 is 15.6 Å². The third-order valence-electron chi connectivity index (χ3n) is 4.89. The summed E-state index contributed by atoms with van der Waals surface area (Å²) in [4.78, 5) is 33.3. The SMILES string of the molecule is COc1cccc(-c2ccc(=O)n(C3COCC3NC(=O)c3cnc(C)cn3)n2)c1. The van der Waals surface area contributed by atoms with Crippen LogP contribution in [-0.4, -0.2) is 52.0 Å². The van der Waals surface area contributed by atoms with Crippen molar-refractivity contribution in [1.29, 1.82) is 0 Å². The van der Waals surface area contributed by atoms with E-state index in [-0.39, 0.29) is 30.4 Å². The minimum Gasteiger partial charge on any atom is -0.497 e. The van der Waals surface area contributed by atoms with Crippen LogP contribution >= 0.6 is 0 Å². The molecule has 3 aromatic rings. The second-order valence-corrected chi connectivity index (χ2v) is 6.96. The van der Waals surface area contributed by atoms with Gasteiger partial charge in [0.2, 0.25) is 0 Å². The molecule has 0 saturated carbocycles. The van der Waals surface area contributed by atoms with Gasteiger partial charge in [0.1, 0.15) is 17.5 Å². The van der Waals surface area contributed by atoms with Crippen molar-refractivity contribution < 1.29 is 14.3 Å². The van der Waals surface area contributed by atoms with Gasteiger partial charge < -0.3 is 14.8 Å². The highest BCUT2D eigenvalue weighted by molar-refractivity contribution is 5.92. The van der Waals surface area contributed by atoms with Gasteiger partial charge in [-0.15, -0.1) is 0 Å². The molecular formula is C21H21N5O4. The molecule has 1 amide bonds. The number of nitrogens with zero attached hydrogens (tertiary/aromatic N) is 4. The fourth-order valence-corrected chi connectivity index (χ4v) is 3.27. The van der Waals surface area contributed by atoms with Gasteiger partial charge in [-0.05, 0) is 25.1 Å². The highest BCUT2D eigenvalue weighted by Gasteiger charge is 2.33. The molecule has 2 aromatic heterocycles. The molecule has 4 rings (SSSR count). The van der Waals surface area contributed by atoms with E-state index in [1.165, 1.54) is 23.1 Å². The van der Waals surface area contributed by atoms with Crippen LogP contribution in [0.2, 0.25) is 0 Å². The molecule has 9 nitrogen and oxygen atoms in total. The number of nitrogens with one attached hydrogen (secondary N) is 1. The molecule has 0 spiro atoms. The van der Waals surface area contributed by atoms with Gasteiger partial charge >= 0.3 is 0 Å². The lowest BCUT2D eigenvalue weighted by molar-refractivity contribution is 0.0919. The first-order valence-corrected chi connectivity index (χ1v) is 9.46. The Morgan fingerprint density at radius 1 is 1.20 bits per heavy atom. The molecule has 0 radical (unpaired) electrons. The van der Waals surface area contributed by atoms with Crippen molar-refractivity contribution in [2.45, 2.75) is 19.0 Å². The van der Waals surface area contributed by atoms with Gasteiger partial charge in [-0.1, -0.05) is 12.1 Å². The van der Waals surface area contributed by atoms with E-state index >= 15 is 0 Å². The molecule has 1 aliphatic heterocycles. The summed E-state index contributed by atoms with van der Waals surface area (Å²) in [6, 6.07) is 9.69. The predicted molar refractivity (Wildman–Crippen MR) is 108 cm³/mol. The number of benzene rings is 1. The molecule has 0 bridgehead atoms. The first-order chi connectivity index (χ1) is 14.5. The second kappa shape index (κ2) is 8.42. The van der Waals surface area contributed by atoms with E-state index in [1.807, 2.05) is 24.3 Å². The molecule has 1 aliphatic rings. The Hall–Kier alpha value is -3.59. The topological polar surface area (TPSA) is 108 Å². The lowest BCUT2D eigenvalue weighted by Gasteiger charge is -2.20. The minimum atomic E-state index is -0.439. The van der Waals surface area contributed by atoms with E-state index in [0.717, 1.165) is 11.3 Å². The Kier molecular flexibility index (Phi) is 5.53. The first-order valence-electron chi connectivity index (χ1n) is 9.46. The van der Waals surface area contributed by atoms with Crippen LogP contribution in [0.25, 0.3) is 11.3 Å². The van der Waals surface area contributed by atoms with Crippen molar-refractivity contribution in [1.82, 2.24) is 25.1 Å². The van der Waals surface area contributed by atoms with Crippen LogP contribution in [0.3, 0.4) is 0 Å². The zero-order chi connectivity index (χ0) is 21.1. The van der Waals surface area contributed by atoms with Gasteiger partial charge in [0.15, 0.2) is 0 Å². The van der Waals surface area contributed by atoms with Crippen LogP contribution in [0.4, 0.5) is 0 Å². The van der Waals surface area contributed by atoms with Gasteiger partial charge in [-0.3, -0.25) is 14.6 Å². The van der Waals surface area contributed by atoms with E-state index in [0.29, 0.717) is 11.4 Å². The fourth-order valence-electron chi connectivity index (χ4n) is 3.27. The maximum atomic E-state index is 12.5. The molecule has 1 aromatic carbocycles. The molecule has 30 heavy (non-hydrogen) atoms. The van der Waals surface area contributed by atoms with Crippen molar-refractivity contribution in [3.05, 3.63) is 70.5 Å². The van der Waals surface area contributed by atoms with Crippen molar-refractivity contribution >= 4 is 5.91 Å². The number of aryl methyl sites for hydroxylation is 1. The van der Waals surface area contributed by atoms with Crippen LogP contribution in [-0.2, 0) is 4.74 Å². The van der Waals surface area contributed by atoms with Crippen molar-refractivity contribution in [2.24, 2.45) is 0 Å². The lowest BCUT2D eigenvalue weighted by Crippen LogP contribution is -2.44. The van der Waals surface area contributed by atoms with Crippen molar-refractivity contribution in [3.63, 3.8) is 0 Å². The van der Waals surface area contributed by atoms with E-state index in [2.05, 4.69) is 20.4 Å². The Morgan fingerprint density at radius 3 is 2.83 bits per heavy atom. The highest BCUT2D eigenvalue weighted by Crippen LogP contribution is 2.23. The Labute approximate surface area is 172 Å². The van der Waals surface area contributed by atoms with Crippen molar-refractivity contribution in [2.75, 3.05) is 20.3 Å². The third kappa shape index (κ3) is 4.06. The zero-order valence-corrected chi connectivity index (χ0v) is 16.6. The molecule has 9 heteroatoms. The zero-order valence-electron chi connectivity index (χ0n) is 16.6. The monoisotopic (exact) mass is 407 g/mol. The van der Waals surface area contributed by atoms with E-state index in [1.54, 1.807) is 20.1 Å². The average molecular weight is 407 g/mol. The Bertz CT molecular complexity index is 1110. The van der Waals surface area contributed by atoms with E-state index in [9.17, 15) is 9.59 Å². The number of carbonyl (C=O) groups excluding carboxylic acids is 1. The van der Waals surface area contributed by atoms with Crippen molar-refractivity contribution in [3.8, 4) is 17.0 Å². The molecule has 1 saturated heterocycles. The van der Waals surface area contributed by atoms with E-state index in [4.69, 9.17) is 9.47 Å². The number of hydrogen-bond acceptors (Lipinski definition) is 7. The normalized spacial score (nSPS) is 18.2. The molecule has 154 valence electrons. The quantitative estimate of drug-likeness (QED) is 0.681. The van der Waals surface area contributed by atoms with Gasteiger partial charge in [-0.2, -0.15) is 5.10 Å². The maximum Gasteiger partial charge on any atom is 0.271 e. The van der Waals surface area contributed by atoms with Crippen LogP contribution in [0.5, 0.6) is 5.75 Å². The molecule has 0 aliphatic carbocycles. The van der Waals surface area contributed by atoms with Crippen LogP contribution in [0, 0.1) is 6.92 Å². The predicted octanol–water partition coefficient (Wildman–Crippen LogP) is 1.39. The smallest absolute Gasteiger partial charge is 0.271 e. The average Bonchev–Trinajstić information content (AvgIpc) is 3.22. The standard InChI is InChI=1S/C21H21N5O4/c1-13-9-23-17(10-22-13)21(28)24-18-11-30-12-19(18)26-20(27)7-6-16(25-26)14-4-3-5-15(8-14)29-2/h3-10,18-19H,11-12H2,1-2H3,(H,24,28). The molecule has 3 heterocycles. The van der Waals surface area contributed by atoms with Gasteiger partial charge in [0.05, 0.1) is 44.0 Å². The Balaban J connectivity index is 1.59. The number of aromatic nitrogens is 4. The Morgan fingerprint density at radius 2 is 2.07 bits per heavy atom. The molecular weight excluding hydrogens is 386 g/mol. The number of methoxy groups -OCH3 is 1. The summed E-state index contributed by atoms with van der Waals surface area (Å²) in [5, 5.41) is 7.41. The summed E-state index contributed by atoms with van der Waals surface area (Å²) in [5.41, 5.74) is 2.09. The summed E-state index contributed by atoms with van der Waals surface area (Å²) >= 11 is 0. The number of hydrogen-bond donors (Lipinski definition) is 1. The van der Waals surface area contributed by atoms with Crippen LogP contribution in [0.15, 0.2) is 53.6 Å². The summed E-state index contributed by atoms with van der Waals surface area (Å²) in [7, 11) is 1.59. The number of ether oxygens (including phenoxy) is 2.